The topological polar surface area (TPSA) is 40.5 Å². The van der Waals surface area contributed by atoms with E-state index in [1.165, 1.54) is 5.56 Å². The number of fused-ring (bicyclic) bond motifs is 1. The fourth-order valence-corrected chi connectivity index (χ4v) is 3.46. The number of anilines is 1. The molecule has 3 nitrogen and oxygen atoms in total. The fraction of sp³-hybridized carbons (Fsp3) is 0.562. The first-order chi connectivity index (χ1) is 8.88. The second-order valence-electron chi connectivity index (χ2n) is 6.11. The molecule has 0 saturated heterocycles. The van der Waals surface area contributed by atoms with Gasteiger partial charge in [-0.15, -0.1) is 0 Å². The average Bonchev–Trinajstić information content (AvgIpc) is 2.33. The zero-order chi connectivity index (χ0) is 14.2. The molecule has 0 radical (unpaired) electrons. The second kappa shape index (κ2) is 4.87. The van der Waals surface area contributed by atoms with Crippen LogP contribution < -0.4 is 4.90 Å². The Balaban J connectivity index is 2.56. The van der Waals surface area contributed by atoms with Crippen molar-refractivity contribution in [3.63, 3.8) is 0 Å². The Morgan fingerprint density at radius 2 is 2.11 bits per heavy atom. The van der Waals surface area contributed by atoms with Gasteiger partial charge in [0.25, 0.3) is 0 Å². The smallest absolute Gasteiger partial charge is 0.326 e. The molecular weight excluding hydrogens is 238 g/mol. The van der Waals surface area contributed by atoms with E-state index < -0.39 is 12.0 Å². The van der Waals surface area contributed by atoms with Crippen LogP contribution in [0, 0.1) is 0 Å². The van der Waals surface area contributed by atoms with E-state index in [1.54, 1.807) is 0 Å². The minimum absolute atomic E-state index is 0.132. The van der Waals surface area contributed by atoms with Crippen LogP contribution in [0.4, 0.5) is 5.69 Å². The molecule has 19 heavy (non-hydrogen) atoms. The molecule has 0 aliphatic carbocycles. The molecule has 1 aliphatic heterocycles. The van der Waals surface area contributed by atoms with Gasteiger partial charge >= 0.3 is 5.97 Å². The number of carbonyl (C=O) groups is 1. The van der Waals surface area contributed by atoms with Crippen LogP contribution in [0.1, 0.15) is 52.0 Å². The summed E-state index contributed by atoms with van der Waals surface area (Å²) in [6, 6.07) is 7.75. The fourth-order valence-electron chi connectivity index (χ4n) is 3.46. The van der Waals surface area contributed by atoms with Crippen LogP contribution >= 0.6 is 0 Å². The highest BCUT2D eigenvalue weighted by atomic mass is 16.4. The van der Waals surface area contributed by atoms with Gasteiger partial charge in [-0.2, -0.15) is 0 Å². The Morgan fingerprint density at radius 1 is 1.47 bits per heavy atom. The normalized spacial score (nSPS) is 22.7. The van der Waals surface area contributed by atoms with Crippen LogP contribution in [0.25, 0.3) is 0 Å². The monoisotopic (exact) mass is 261 g/mol. The predicted octanol–water partition coefficient (Wildman–Crippen LogP) is 3.64. The molecule has 0 unspecified atom stereocenters. The molecular formula is C16H23NO2. The lowest BCUT2D eigenvalue weighted by Gasteiger charge is -2.50. The summed E-state index contributed by atoms with van der Waals surface area (Å²) in [4.78, 5) is 13.7. The molecule has 1 N–H and O–H groups in total. The van der Waals surface area contributed by atoms with Crippen LogP contribution in [0.15, 0.2) is 24.3 Å². The lowest BCUT2D eigenvalue weighted by molar-refractivity contribution is -0.139. The number of aliphatic carboxylic acids is 1. The summed E-state index contributed by atoms with van der Waals surface area (Å²) in [6.07, 6.45) is 1.59. The molecule has 1 aliphatic rings. The van der Waals surface area contributed by atoms with Gasteiger partial charge in [-0.05, 0) is 44.2 Å². The van der Waals surface area contributed by atoms with Crippen molar-refractivity contribution in [3.8, 4) is 0 Å². The first-order valence-corrected chi connectivity index (χ1v) is 6.99. The number of hydrogen-bond acceptors (Lipinski definition) is 2. The predicted molar refractivity (Wildman–Crippen MR) is 77.7 cm³/mol. The van der Waals surface area contributed by atoms with E-state index in [9.17, 15) is 9.90 Å². The highest BCUT2D eigenvalue weighted by molar-refractivity contribution is 5.80. The molecule has 0 spiro atoms. The summed E-state index contributed by atoms with van der Waals surface area (Å²) in [5.41, 5.74) is 2.22. The van der Waals surface area contributed by atoms with Gasteiger partial charge in [0.2, 0.25) is 0 Å². The van der Waals surface area contributed by atoms with Gasteiger partial charge in [-0.25, -0.2) is 4.79 Å². The molecule has 0 amide bonds. The molecule has 1 aromatic rings. The van der Waals surface area contributed by atoms with Crippen molar-refractivity contribution in [1.29, 1.82) is 0 Å². The Bertz CT molecular complexity index is 481. The molecule has 2 rings (SSSR count). The van der Waals surface area contributed by atoms with Crippen LogP contribution in [0.5, 0.6) is 0 Å². The Kier molecular flexibility index (Phi) is 3.57. The van der Waals surface area contributed by atoms with Crippen molar-refractivity contribution < 1.29 is 9.90 Å². The van der Waals surface area contributed by atoms with Gasteiger partial charge in [0.15, 0.2) is 0 Å². The molecule has 0 aromatic heterocycles. The Labute approximate surface area is 115 Å². The number of benzene rings is 1. The highest BCUT2D eigenvalue weighted by Gasteiger charge is 2.41. The van der Waals surface area contributed by atoms with Crippen LogP contribution in [0.3, 0.4) is 0 Å². The zero-order valence-corrected chi connectivity index (χ0v) is 12.2. The van der Waals surface area contributed by atoms with E-state index in [-0.39, 0.29) is 5.54 Å². The maximum absolute atomic E-state index is 11.6. The van der Waals surface area contributed by atoms with E-state index in [0.717, 1.165) is 12.1 Å². The number of nitrogens with zero attached hydrogens (tertiary/aromatic N) is 1. The summed E-state index contributed by atoms with van der Waals surface area (Å²) in [5.74, 6) is -0.270. The number of carboxylic acid groups (broad SMARTS) is 1. The van der Waals surface area contributed by atoms with Gasteiger partial charge in [0.05, 0.1) is 0 Å². The first kappa shape index (κ1) is 13.9. The van der Waals surface area contributed by atoms with Crippen LogP contribution in [-0.4, -0.2) is 22.7 Å². The maximum atomic E-state index is 11.6. The summed E-state index contributed by atoms with van der Waals surface area (Å²) < 4.78 is 0. The molecule has 2 atom stereocenters. The number of para-hydroxylation sites is 1. The Morgan fingerprint density at radius 3 is 2.68 bits per heavy atom. The lowest BCUT2D eigenvalue weighted by atomic mass is 9.79. The minimum atomic E-state index is -0.736. The van der Waals surface area contributed by atoms with Crippen molar-refractivity contribution in [3.05, 3.63) is 29.8 Å². The summed E-state index contributed by atoms with van der Waals surface area (Å²) >= 11 is 0. The van der Waals surface area contributed by atoms with Gasteiger partial charge in [-0.1, -0.05) is 32.0 Å². The molecule has 0 fully saturated rings. The maximum Gasteiger partial charge on any atom is 0.326 e. The largest absolute Gasteiger partial charge is 0.480 e. The summed E-state index contributed by atoms with van der Waals surface area (Å²) in [7, 11) is 0. The first-order valence-electron chi connectivity index (χ1n) is 6.99. The molecule has 0 saturated carbocycles. The van der Waals surface area contributed by atoms with E-state index >= 15 is 0 Å². The number of hydrogen-bond donors (Lipinski definition) is 1. The lowest BCUT2D eigenvalue weighted by Crippen LogP contribution is -2.56. The van der Waals surface area contributed by atoms with Crippen molar-refractivity contribution in [2.75, 3.05) is 4.90 Å². The number of rotatable bonds is 3. The molecule has 104 valence electrons. The quantitative estimate of drug-likeness (QED) is 0.903. The van der Waals surface area contributed by atoms with E-state index in [1.807, 2.05) is 19.1 Å². The van der Waals surface area contributed by atoms with Crippen molar-refractivity contribution in [2.45, 2.75) is 58.0 Å². The molecule has 1 heterocycles. The van der Waals surface area contributed by atoms with E-state index in [2.05, 4.69) is 37.8 Å². The van der Waals surface area contributed by atoms with Crippen LogP contribution in [0.2, 0.25) is 0 Å². The molecule has 0 bridgehead atoms. The second-order valence-corrected chi connectivity index (χ2v) is 6.11. The van der Waals surface area contributed by atoms with Gasteiger partial charge < -0.3 is 10.0 Å². The zero-order valence-electron chi connectivity index (χ0n) is 12.2. The SMILES string of the molecule is CC[C@H](C(=O)O)N1c2ccccc2[C@H](C)CC1(C)C. The highest BCUT2D eigenvalue weighted by Crippen LogP contribution is 2.44. The third-order valence-electron chi connectivity index (χ3n) is 4.17. The molecule has 3 heteroatoms. The van der Waals surface area contributed by atoms with E-state index in [0.29, 0.717) is 12.3 Å². The third kappa shape index (κ3) is 2.34. The third-order valence-corrected chi connectivity index (χ3v) is 4.17. The molecule has 1 aromatic carbocycles. The van der Waals surface area contributed by atoms with Gasteiger partial charge in [0, 0.05) is 11.2 Å². The van der Waals surface area contributed by atoms with Crippen molar-refractivity contribution in [1.82, 2.24) is 0 Å². The van der Waals surface area contributed by atoms with Gasteiger partial charge in [0.1, 0.15) is 6.04 Å². The van der Waals surface area contributed by atoms with Crippen molar-refractivity contribution >= 4 is 11.7 Å². The average molecular weight is 261 g/mol. The summed E-state index contributed by atoms with van der Waals surface area (Å²) in [6.45, 7) is 8.45. The standard InChI is InChI=1S/C16H23NO2/c1-5-13(15(18)19)17-14-9-7-6-8-12(14)11(2)10-16(17,3)4/h6-9,11,13H,5,10H2,1-4H3,(H,18,19)/t11-,13-/m1/s1. The van der Waals surface area contributed by atoms with Crippen LogP contribution in [-0.2, 0) is 4.79 Å². The van der Waals surface area contributed by atoms with Gasteiger partial charge in [-0.3, -0.25) is 0 Å². The summed E-state index contributed by atoms with van der Waals surface area (Å²) in [5, 5.41) is 9.51. The Hall–Kier alpha value is -1.51. The number of carboxylic acids is 1. The van der Waals surface area contributed by atoms with Crippen molar-refractivity contribution in [2.24, 2.45) is 0 Å². The minimum Gasteiger partial charge on any atom is -0.480 e. The van der Waals surface area contributed by atoms with E-state index in [4.69, 9.17) is 0 Å².